The van der Waals surface area contributed by atoms with E-state index in [0.717, 1.165) is 56.7 Å². The van der Waals surface area contributed by atoms with E-state index in [2.05, 4.69) is 10.2 Å². The average Bonchev–Trinajstić information content (AvgIpc) is 2.82. The monoisotopic (exact) mass is 461 g/mol. The van der Waals surface area contributed by atoms with Crippen LogP contribution in [0.3, 0.4) is 0 Å². The molecule has 0 atom stereocenters. The van der Waals surface area contributed by atoms with Gasteiger partial charge in [0.25, 0.3) is 5.91 Å². The lowest BCUT2D eigenvalue weighted by molar-refractivity contribution is 0.0900. The molecule has 0 spiro atoms. The third kappa shape index (κ3) is 5.72. The number of nitrogens with zero attached hydrogens (tertiary/aromatic N) is 2. The van der Waals surface area contributed by atoms with Gasteiger partial charge in [0.2, 0.25) is 10.0 Å². The van der Waals surface area contributed by atoms with Gasteiger partial charge in [0.05, 0.1) is 4.90 Å². The highest BCUT2D eigenvalue weighted by Crippen LogP contribution is 2.26. The number of sulfonamides is 1. The van der Waals surface area contributed by atoms with Crippen LogP contribution in [0.2, 0.25) is 0 Å². The average molecular weight is 462 g/mol. The fourth-order valence-electron chi connectivity index (χ4n) is 5.52. The number of piperidine rings is 2. The van der Waals surface area contributed by atoms with E-state index in [9.17, 15) is 13.2 Å². The molecular weight excluding hydrogens is 422 g/mol. The minimum atomic E-state index is -3.54. The van der Waals surface area contributed by atoms with Crippen molar-refractivity contribution in [3.8, 4) is 0 Å². The molecule has 3 aliphatic rings. The number of carbonyl (C=O) groups is 1. The summed E-state index contributed by atoms with van der Waals surface area (Å²) in [5.41, 5.74) is 1.29. The second-order valence-electron chi connectivity index (χ2n) is 9.99. The Kier molecular flexibility index (Phi) is 7.90. The van der Waals surface area contributed by atoms with E-state index in [-0.39, 0.29) is 16.8 Å². The van der Waals surface area contributed by atoms with Crippen LogP contribution in [0.15, 0.2) is 23.1 Å². The summed E-state index contributed by atoms with van der Waals surface area (Å²) in [6, 6.07) is 5.14. The second-order valence-corrected chi connectivity index (χ2v) is 11.9. The summed E-state index contributed by atoms with van der Waals surface area (Å²) < 4.78 is 27.7. The Labute approximate surface area is 193 Å². The molecule has 0 unspecified atom stereocenters. The number of benzene rings is 1. The van der Waals surface area contributed by atoms with E-state index in [1.807, 2.05) is 6.92 Å². The Hall–Kier alpha value is -1.44. The predicted octanol–water partition coefficient (Wildman–Crippen LogP) is 3.94. The highest BCUT2D eigenvalue weighted by Gasteiger charge is 2.28. The zero-order valence-corrected chi connectivity index (χ0v) is 20.3. The lowest BCUT2D eigenvalue weighted by Gasteiger charge is -2.35. The largest absolute Gasteiger partial charge is 0.349 e. The molecule has 0 aromatic heterocycles. The third-order valence-electron chi connectivity index (χ3n) is 7.57. The van der Waals surface area contributed by atoms with Crippen molar-refractivity contribution in [1.82, 2.24) is 14.5 Å². The number of nitrogens with one attached hydrogen (secondary N) is 1. The number of likely N-dealkylation sites (tertiary alicyclic amines) is 1. The van der Waals surface area contributed by atoms with Crippen molar-refractivity contribution in [3.05, 3.63) is 29.3 Å². The van der Waals surface area contributed by atoms with E-state index in [1.54, 1.807) is 22.5 Å². The molecule has 1 amide bonds. The highest BCUT2D eigenvalue weighted by molar-refractivity contribution is 7.89. The van der Waals surface area contributed by atoms with Gasteiger partial charge in [-0.1, -0.05) is 31.7 Å². The van der Waals surface area contributed by atoms with Crippen LogP contribution < -0.4 is 5.32 Å². The molecule has 1 aromatic carbocycles. The molecule has 2 heterocycles. The van der Waals surface area contributed by atoms with Crippen LogP contribution in [-0.4, -0.2) is 62.3 Å². The Morgan fingerprint density at radius 1 is 0.938 bits per heavy atom. The maximum atomic E-state index is 13.1. The molecule has 0 bridgehead atoms. The molecule has 178 valence electrons. The Bertz CT molecular complexity index is 882. The van der Waals surface area contributed by atoms with Gasteiger partial charge in [-0.15, -0.1) is 0 Å². The topological polar surface area (TPSA) is 69.7 Å². The minimum absolute atomic E-state index is 0.149. The molecule has 1 aromatic rings. The Balaban J connectivity index is 1.35. The summed E-state index contributed by atoms with van der Waals surface area (Å²) in [5, 5.41) is 3.18. The first-order valence-corrected chi connectivity index (χ1v) is 14.0. The molecule has 7 heteroatoms. The molecule has 3 fully saturated rings. The maximum Gasteiger partial charge on any atom is 0.251 e. The number of rotatable bonds is 6. The zero-order valence-electron chi connectivity index (χ0n) is 19.5. The van der Waals surface area contributed by atoms with Gasteiger partial charge in [0.1, 0.15) is 0 Å². The molecule has 1 aliphatic carbocycles. The van der Waals surface area contributed by atoms with Gasteiger partial charge in [-0.3, -0.25) is 4.79 Å². The summed E-state index contributed by atoms with van der Waals surface area (Å²) in [7, 11) is -3.54. The van der Waals surface area contributed by atoms with Crippen molar-refractivity contribution in [1.29, 1.82) is 0 Å². The quantitative estimate of drug-likeness (QED) is 0.697. The first kappa shape index (κ1) is 23.7. The summed E-state index contributed by atoms with van der Waals surface area (Å²) in [4.78, 5) is 15.9. The summed E-state index contributed by atoms with van der Waals surface area (Å²) in [6.07, 6.45) is 11.7. The fourth-order valence-corrected chi connectivity index (χ4v) is 7.06. The van der Waals surface area contributed by atoms with Crippen LogP contribution in [0, 0.1) is 12.8 Å². The van der Waals surface area contributed by atoms with Crippen molar-refractivity contribution < 1.29 is 13.2 Å². The van der Waals surface area contributed by atoms with Crippen molar-refractivity contribution in [2.45, 2.75) is 82.1 Å². The van der Waals surface area contributed by atoms with Gasteiger partial charge in [-0.2, -0.15) is 4.31 Å². The van der Waals surface area contributed by atoms with Gasteiger partial charge >= 0.3 is 0 Å². The van der Waals surface area contributed by atoms with Crippen molar-refractivity contribution in [2.75, 3.05) is 32.7 Å². The summed E-state index contributed by atoms with van der Waals surface area (Å²) >= 11 is 0. The van der Waals surface area contributed by atoms with E-state index < -0.39 is 10.0 Å². The molecular formula is C25H39N3O3S. The van der Waals surface area contributed by atoms with Gasteiger partial charge in [-0.25, -0.2) is 8.42 Å². The van der Waals surface area contributed by atoms with Gasteiger partial charge < -0.3 is 10.2 Å². The first-order valence-electron chi connectivity index (χ1n) is 12.6. The molecule has 2 saturated heterocycles. The van der Waals surface area contributed by atoms with Gasteiger partial charge in [0.15, 0.2) is 0 Å². The summed E-state index contributed by atoms with van der Waals surface area (Å²) in [5.74, 6) is 0.700. The number of aryl methyl sites for hydroxylation is 1. The van der Waals surface area contributed by atoms with Crippen molar-refractivity contribution in [2.24, 2.45) is 5.92 Å². The molecule has 32 heavy (non-hydrogen) atoms. The smallest absolute Gasteiger partial charge is 0.251 e. The maximum absolute atomic E-state index is 13.1. The normalized spacial score (nSPS) is 22.7. The molecule has 2 aliphatic heterocycles. The fraction of sp³-hybridized carbons (Fsp3) is 0.720. The Morgan fingerprint density at radius 2 is 1.59 bits per heavy atom. The number of amides is 1. The van der Waals surface area contributed by atoms with Crippen molar-refractivity contribution >= 4 is 15.9 Å². The SMILES string of the molecule is Cc1ccc(S(=O)(=O)N2CCCCC2)cc1C(=O)NC1CCN(CC2CCCCC2)CC1. The predicted molar refractivity (Wildman–Crippen MR) is 127 cm³/mol. The third-order valence-corrected chi connectivity index (χ3v) is 9.47. The van der Waals surface area contributed by atoms with Crippen LogP contribution >= 0.6 is 0 Å². The number of hydrogen-bond acceptors (Lipinski definition) is 4. The first-order chi connectivity index (χ1) is 15.4. The van der Waals surface area contributed by atoms with Crippen molar-refractivity contribution in [3.63, 3.8) is 0 Å². The van der Waals surface area contributed by atoms with Gasteiger partial charge in [0, 0.05) is 44.3 Å². The van der Waals surface area contributed by atoms with Gasteiger partial charge in [-0.05, 0) is 69.1 Å². The lowest BCUT2D eigenvalue weighted by atomic mass is 9.88. The lowest BCUT2D eigenvalue weighted by Crippen LogP contribution is -2.46. The van der Waals surface area contributed by atoms with E-state index in [1.165, 1.54) is 38.6 Å². The van der Waals surface area contributed by atoms with Crippen LogP contribution in [0.4, 0.5) is 0 Å². The Morgan fingerprint density at radius 3 is 2.28 bits per heavy atom. The van der Waals surface area contributed by atoms with Crippen LogP contribution in [0.5, 0.6) is 0 Å². The van der Waals surface area contributed by atoms with Crippen LogP contribution in [0.25, 0.3) is 0 Å². The summed E-state index contributed by atoms with van der Waals surface area (Å²) in [6.45, 7) is 6.27. The molecule has 1 saturated carbocycles. The second kappa shape index (κ2) is 10.7. The van der Waals surface area contributed by atoms with Crippen LogP contribution in [0.1, 0.15) is 80.1 Å². The molecule has 1 N–H and O–H groups in total. The minimum Gasteiger partial charge on any atom is -0.349 e. The van der Waals surface area contributed by atoms with E-state index in [0.29, 0.717) is 18.7 Å². The van der Waals surface area contributed by atoms with Crippen LogP contribution in [-0.2, 0) is 10.0 Å². The molecule has 4 rings (SSSR count). The highest BCUT2D eigenvalue weighted by atomic mass is 32.2. The number of carbonyl (C=O) groups excluding carboxylic acids is 1. The van der Waals surface area contributed by atoms with E-state index in [4.69, 9.17) is 0 Å². The number of hydrogen-bond donors (Lipinski definition) is 1. The zero-order chi connectivity index (χ0) is 22.6. The van der Waals surface area contributed by atoms with E-state index >= 15 is 0 Å². The molecule has 6 nitrogen and oxygen atoms in total. The standard InChI is InChI=1S/C25H39N3O3S/c1-20-10-11-23(32(30,31)28-14-6-3-7-15-28)18-24(20)25(29)26-22-12-16-27(17-13-22)19-21-8-4-2-5-9-21/h10-11,18,21-22H,2-9,12-17,19H2,1H3,(H,26,29). The molecule has 0 radical (unpaired) electrons.